The molecule has 0 radical (unpaired) electrons. The number of hydrogen-bond acceptors (Lipinski definition) is 8. The Labute approximate surface area is 265 Å². The zero-order chi connectivity index (χ0) is 31.1. The molecule has 2 saturated heterocycles. The van der Waals surface area contributed by atoms with E-state index in [2.05, 4.69) is 10.3 Å². The van der Waals surface area contributed by atoms with Crippen LogP contribution in [-0.4, -0.2) is 96.5 Å². The Morgan fingerprint density at radius 2 is 1.82 bits per heavy atom. The van der Waals surface area contributed by atoms with E-state index in [1.807, 2.05) is 79.8 Å². The molecule has 12 heteroatoms. The molecule has 7 rings (SSSR count). The predicted octanol–water partition coefficient (Wildman–Crippen LogP) is 2.86. The minimum Gasteiger partial charge on any atom is -0.494 e. The van der Waals surface area contributed by atoms with Gasteiger partial charge < -0.3 is 24.5 Å². The summed E-state index contributed by atoms with van der Waals surface area (Å²) in [6.07, 6.45) is 9.08. The van der Waals surface area contributed by atoms with E-state index in [9.17, 15) is 19.5 Å². The van der Waals surface area contributed by atoms with Gasteiger partial charge in [0.1, 0.15) is 24.0 Å². The number of rotatable bonds is 9. The number of fused-ring (bicyclic) bond motifs is 3. The van der Waals surface area contributed by atoms with Crippen molar-refractivity contribution in [1.82, 2.24) is 24.8 Å². The van der Waals surface area contributed by atoms with Gasteiger partial charge in [-0.1, -0.05) is 41.7 Å². The molecular weight excluding hydrogens is 592 g/mol. The van der Waals surface area contributed by atoms with Crippen molar-refractivity contribution >= 4 is 46.2 Å². The lowest BCUT2D eigenvalue weighted by molar-refractivity contribution is -0.143. The van der Waals surface area contributed by atoms with Gasteiger partial charge in [0.25, 0.3) is 0 Å². The lowest BCUT2D eigenvalue weighted by Crippen LogP contribution is -2.53. The fourth-order valence-corrected chi connectivity index (χ4v) is 9.26. The maximum atomic E-state index is 14.6. The topological polar surface area (TPSA) is 121 Å². The summed E-state index contributed by atoms with van der Waals surface area (Å²) in [5, 5.41) is 17.8. The monoisotopic (exact) mass is 628 g/mol. The number of ether oxygens (including phenoxy) is 1. The fraction of sp³-hybridized carbons (Fsp3) is 0.424. The number of likely N-dealkylation sites (tertiary alicyclic amines) is 1. The number of hydrogen-bond donors (Lipinski definition) is 1. The Morgan fingerprint density at radius 3 is 2.62 bits per heavy atom. The van der Waals surface area contributed by atoms with E-state index in [1.54, 1.807) is 31.1 Å². The van der Waals surface area contributed by atoms with Crippen molar-refractivity contribution in [2.24, 2.45) is 11.8 Å². The first-order chi connectivity index (χ1) is 22.0. The normalized spacial score (nSPS) is 27.5. The number of amides is 3. The Morgan fingerprint density at radius 1 is 1.00 bits per heavy atom. The van der Waals surface area contributed by atoms with E-state index >= 15 is 0 Å². The number of carbonyl (C=O) groups excluding carboxylic acids is 3. The molecule has 0 aliphatic carbocycles. The standard InChI is InChI=1S/C33H36N6O5S/c1-2-44-23-14-12-22(13-15-23)37-19-7-11-26-27(30(37)41)28-31(42)38(18-5-6-20-40)29-32(43)36(17-8-16-33(28,29)45-26)21-39-25-10-4-3-9-24(25)34-35-39/h3-4,7-16,26-29,40H,2,5-6,17-21H2,1H3/t26-,27+,28-,29?,33-/m0/s1. The van der Waals surface area contributed by atoms with E-state index in [-0.39, 0.29) is 36.2 Å². The molecule has 1 spiro atoms. The Balaban J connectivity index is 1.24. The number of aliphatic hydroxyl groups is 1. The molecule has 234 valence electrons. The minimum absolute atomic E-state index is 0.000388. The number of nitrogens with zero attached hydrogens (tertiary/aromatic N) is 6. The minimum atomic E-state index is -0.913. The zero-order valence-corrected chi connectivity index (χ0v) is 25.9. The molecule has 0 bridgehead atoms. The van der Waals surface area contributed by atoms with Crippen LogP contribution in [0.1, 0.15) is 19.8 Å². The summed E-state index contributed by atoms with van der Waals surface area (Å²) in [4.78, 5) is 48.6. The molecule has 3 aromatic rings. The van der Waals surface area contributed by atoms with Crippen LogP contribution in [0.2, 0.25) is 0 Å². The van der Waals surface area contributed by atoms with Gasteiger partial charge in [-0.2, -0.15) is 0 Å². The summed E-state index contributed by atoms with van der Waals surface area (Å²) in [5.41, 5.74) is 2.29. The van der Waals surface area contributed by atoms with Crippen molar-refractivity contribution in [3.63, 3.8) is 0 Å². The number of carbonyl (C=O) groups is 3. The highest BCUT2D eigenvalue weighted by molar-refractivity contribution is 8.02. The van der Waals surface area contributed by atoms with Crippen molar-refractivity contribution in [2.45, 2.75) is 42.5 Å². The van der Waals surface area contributed by atoms with Gasteiger partial charge in [-0.15, -0.1) is 16.9 Å². The summed E-state index contributed by atoms with van der Waals surface area (Å²) in [5.74, 6) is -1.10. The van der Waals surface area contributed by atoms with Crippen molar-refractivity contribution in [1.29, 1.82) is 0 Å². The highest BCUT2D eigenvalue weighted by Crippen LogP contribution is 2.61. The second-order valence-electron chi connectivity index (χ2n) is 11.8. The van der Waals surface area contributed by atoms with Crippen LogP contribution in [-0.2, 0) is 21.1 Å². The van der Waals surface area contributed by atoms with Crippen LogP contribution in [0.3, 0.4) is 0 Å². The van der Waals surface area contributed by atoms with Gasteiger partial charge in [0.05, 0.1) is 28.7 Å². The maximum Gasteiger partial charge on any atom is 0.248 e. The molecule has 5 heterocycles. The Kier molecular flexibility index (Phi) is 7.86. The van der Waals surface area contributed by atoms with Crippen molar-refractivity contribution in [3.8, 4) is 5.75 Å². The quantitative estimate of drug-likeness (QED) is 0.284. The molecule has 1 N–H and O–H groups in total. The Hall–Kier alpha value is -4.16. The van der Waals surface area contributed by atoms with Crippen LogP contribution >= 0.6 is 11.8 Å². The molecule has 1 aromatic heterocycles. The number of unbranched alkanes of at least 4 members (excludes halogenated alkanes) is 1. The largest absolute Gasteiger partial charge is 0.494 e. The van der Waals surface area contributed by atoms with Crippen LogP contribution < -0.4 is 9.64 Å². The second kappa shape index (κ2) is 12.0. The average Bonchev–Trinajstić information content (AvgIpc) is 3.60. The second-order valence-corrected chi connectivity index (χ2v) is 13.3. The van der Waals surface area contributed by atoms with Crippen LogP contribution in [0.4, 0.5) is 5.69 Å². The molecule has 1 unspecified atom stereocenters. The average molecular weight is 629 g/mol. The Bertz CT molecular complexity index is 1670. The highest BCUT2D eigenvalue weighted by Gasteiger charge is 2.71. The van der Waals surface area contributed by atoms with E-state index in [4.69, 9.17) is 4.74 Å². The first-order valence-corrected chi connectivity index (χ1v) is 16.4. The third-order valence-electron chi connectivity index (χ3n) is 9.23. The molecule has 11 nitrogen and oxygen atoms in total. The van der Waals surface area contributed by atoms with Crippen molar-refractivity contribution < 1.29 is 24.2 Å². The van der Waals surface area contributed by atoms with Crippen molar-refractivity contribution in [2.75, 3.05) is 37.7 Å². The number of thioether (sulfide) groups is 1. The van der Waals surface area contributed by atoms with Crippen LogP contribution in [0, 0.1) is 11.8 Å². The third-order valence-corrected chi connectivity index (χ3v) is 11.0. The van der Waals surface area contributed by atoms with Gasteiger partial charge in [-0.25, -0.2) is 4.68 Å². The van der Waals surface area contributed by atoms with E-state index in [0.29, 0.717) is 39.1 Å². The molecule has 2 fully saturated rings. The maximum absolute atomic E-state index is 14.6. The number of aromatic nitrogens is 3. The van der Waals surface area contributed by atoms with E-state index in [0.717, 1.165) is 22.5 Å². The van der Waals surface area contributed by atoms with Gasteiger partial charge >= 0.3 is 0 Å². The predicted molar refractivity (Wildman–Crippen MR) is 170 cm³/mol. The lowest BCUT2D eigenvalue weighted by atomic mass is 9.78. The lowest BCUT2D eigenvalue weighted by Gasteiger charge is -2.35. The summed E-state index contributed by atoms with van der Waals surface area (Å²) >= 11 is 1.56. The molecule has 2 aromatic carbocycles. The number of para-hydroxylation sites is 1. The summed E-state index contributed by atoms with van der Waals surface area (Å²) in [6, 6.07) is 14.2. The van der Waals surface area contributed by atoms with Gasteiger partial charge in [0.15, 0.2) is 0 Å². The molecule has 3 amide bonds. The van der Waals surface area contributed by atoms with Gasteiger partial charge in [-0.05, 0) is 56.2 Å². The van der Waals surface area contributed by atoms with Crippen LogP contribution in [0.25, 0.3) is 11.0 Å². The molecule has 45 heavy (non-hydrogen) atoms. The third kappa shape index (κ3) is 4.91. The smallest absolute Gasteiger partial charge is 0.248 e. The summed E-state index contributed by atoms with van der Waals surface area (Å²) < 4.78 is 6.39. The van der Waals surface area contributed by atoms with Gasteiger partial charge in [-0.3, -0.25) is 14.4 Å². The molecule has 4 aliphatic heterocycles. The van der Waals surface area contributed by atoms with E-state index < -0.39 is 22.6 Å². The SMILES string of the molecule is CCOc1ccc(N2CC=C[C@@H]3S[C@]45C=CCN(Cn6nnc7ccccc76)C(=O)C4N(CCCCO)C(=O)[C@@H]5[C@@H]3C2=O)cc1. The molecule has 0 saturated carbocycles. The van der Waals surface area contributed by atoms with E-state index in [1.165, 1.54) is 0 Å². The first kappa shape index (κ1) is 29.5. The fourth-order valence-electron chi connectivity index (χ4n) is 7.25. The van der Waals surface area contributed by atoms with Gasteiger partial charge in [0.2, 0.25) is 17.7 Å². The summed E-state index contributed by atoms with van der Waals surface area (Å²) in [7, 11) is 0. The highest BCUT2D eigenvalue weighted by atomic mass is 32.2. The number of benzene rings is 2. The van der Waals surface area contributed by atoms with Crippen LogP contribution in [0.5, 0.6) is 5.75 Å². The van der Waals surface area contributed by atoms with Gasteiger partial charge in [0, 0.05) is 37.2 Å². The summed E-state index contributed by atoms with van der Waals surface area (Å²) in [6.45, 7) is 3.72. The molecular formula is C33H36N6O5S. The molecule has 5 atom stereocenters. The van der Waals surface area contributed by atoms with Crippen LogP contribution in [0.15, 0.2) is 72.8 Å². The van der Waals surface area contributed by atoms with Crippen molar-refractivity contribution in [3.05, 3.63) is 72.8 Å². The first-order valence-electron chi connectivity index (χ1n) is 15.5. The molecule has 4 aliphatic rings. The number of aliphatic hydroxyl groups excluding tert-OH is 1. The zero-order valence-electron chi connectivity index (χ0n) is 25.1. The number of anilines is 1.